The molecule has 0 radical (unpaired) electrons. The van der Waals surface area contributed by atoms with Gasteiger partial charge in [0.15, 0.2) is 0 Å². The molecular formula is C17H21NO2. The van der Waals surface area contributed by atoms with Gasteiger partial charge in [0.1, 0.15) is 5.75 Å². The summed E-state index contributed by atoms with van der Waals surface area (Å²) in [6, 6.07) is 11.9. The van der Waals surface area contributed by atoms with Gasteiger partial charge in [-0.15, -0.1) is 0 Å². The summed E-state index contributed by atoms with van der Waals surface area (Å²) in [7, 11) is 1.59. The molecule has 0 aliphatic carbocycles. The lowest BCUT2D eigenvalue weighted by Gasteiger charge is -2.15. The zero-order valence-electron chi connectivity index (χ0n) is 12.3. The minimum Gasteiger partial charge on any atom is -0.496 e. The van der Waals surface area contributed by atoms with Gasteiger partial charge in [0.2, 0.25) is 0 Å². The topological polar surface area (TPSA) is 38.3 Å². The Balaban J connectivity index is 2.34. The molecule has 0 unspecified atom stereocenters. The molecule has 0 bridgehead atoms. The van der Waals surface area contributed by atoms with Gasteiger partial charge < -0.3 is 10.1 Å². The van der Waals surface area contributed by atoms with Gasteiger partial charge in [-0.1, -0.05) is 37.6 Å². The number of carbonyl (C=O) groups excluding carboxylic acids is 1. The van der Waals surface area contributed by atoms with Crippen LogP contribution in [0.1, 0.15) is 37.0 Å². The summed E-state index contributed by atoms with van der Waals surface area (Å²) in [5.41, 5.74) is 0.592. The van der Waals surface area contributed by atoms with Crippen LogP contribution in [0.5, 0.6) is 5.75 Å². The minimum absolute atomic E-state index is 0.0754. The Kier molecular flexibility index (Phi) is 4.61. The predicted molar refractivity (Wildman–Crippen MR) is 82.3 cm³/mol. The van der Waals surface area contributed by atoms with Gasteiger partial charge >= 0.3 is 0 Å². The average molecular weight is 271 g/mol. The van der Waals surface area contributed by atoms with E-state index in [0.717, 1.165) is 23.6 Å². The summed E-state index contributed by atoms with van der Waals surface area (Å²) in [5, 5.41) is 5.13. The molecule has 2 aromatic rings. The van der Waals surface area contributed by atoms with Gasteiger partial charge in [0, 0.05) is 6.04 Å². The third-order valence-corrected chi connectivity index (χ3v) is 3.41. The highest BCUT2D eigenvalue weighted by molar-refractivity contribution is 6.01. The first kappa shape index (κ1) is 14.4. The highest BCUT2D eigenvalue weighted by Crippen LogP contribution is 2.26. The molecule has 1 atom stereocenters. The minimum atomic E-state index is -0.0754. The third kappa shape index (κ3) is 3.10. The lowest BCUT2D eigenvalue weighted by molar-refractivity contribution is 0.0935. The van der Waals surface area contributed by atoms with E-state index in [-0.39, 0.29) is 11.9 Å². The highest BCUT2D eigenvalue weighted by atomic mass is 16.5. The van der Waals surface area contributed by atoms with Gasteiger partial charge in [-0.05, 0) is 36.2 Å². The normalized spacial score (nSPS) is 12.2. The second-order valence-electron chi connectivity index (χ2n) is 5.06. The van der Waals surface area contributed by atoms with E-state index in [4.69, 9.17) is 4.74 Å². The molecule has 3 nitrogen and oxygen atoms in total. The quantitative estimate of drug-likeness (QED) is 0.899. The van der Waals surface area contributed by atoms with Crippen LogP contribution in [-0.4, -0.2) is 19.1 Å². The molecule has 2 rings (SSSR count). The van der Waals surface area contributed by atoms with Crippen molar-refractivity contribution in [1.82, 2.24) is 5.32 Å². The first-order chi connectivity index (χ1) is 9.65. The highest BCUT2D eigenvalue weighted by Gasteiger charge is 2.15. The fraction of sp³-hybridized carbons (Fsp3) is 0.353. The van der Waals surface area contributed by atoms with Crippen molar-refractivity contribution < 1.29 is 9.53 Å². The largest absolute Gasteiger partial charge is 0.496 e. The molecule has 1 N–H and O–H groups in total. The van der Waals surface area contributed by atoms with Crippen LogP contribution in [0.2, 0.25) is 0 Å². The molecule has 0 aliphatic heterocycles. The Morgan fingerprint density at radius 1 is 1.25 bits per heavy atom. The van der Waals surface area contributed by atoms with E-state index in [1.54, 1.807) is 7.11 Å². The zero-order chi connectivity index (χ0) is 14.5. The molecule has 3 heteroatoms. The van der Waals surface area contributed by atoms with Crippen molar-refractivity contribution in [3.05, 3.63) is 42.0 Å². The number of benzene rings is 2. The molecule has 1 amide bonds. The van der Waals surface area contributed by atoms with E-state index < -0.39 is 0 Å². The van der Waals surface area contributed by atoms with E-state index in [9.17, 15) is 4.79 Å². The van der Waals surface area contributed by atoms with Crippen molar-refractivity contribution in [3.8, 4) is 5.75 Å². The molecule has 20 heavy (non-hydrogen) atoms. The standard InChI is InChI=1S/C17H21NO2/c1-4-7-12(2)18-17(19)15-10-13-8-5-6-9-14(13)11-16(15)20-3/h5-6,8-12H,4,7H2,1-3H3,(H,18,19)/t12-/m1/s1. The Bertz CT molecular complexity index is 607. The lowest BCUT2D eigenvalue weighted by Crippen LogP contribution is -2.32. The van der Waals surface area contributed by atoms with Crippen LogP contribution < -0.4 is 10.1 Å². The van der Waals surface area contributed by atoms with E-state index in [1.165, 1.54) is 0 Å². The predicted octanol–water partition coefficient (Wildman–Crippen LogP) is 3.77. The Morgan fingerprint density at radius 2 is 1.90 bits per heavy atom. The first-order valence-electron chi connectivity index (χ1n) is 7.03. The van der Waals surface area contributed by atoms with Gasteiger partial charge in [-0.2, -0.15) is 0 Å². The van der Waals surface area contributed by atoms with Crippen molar-refractivity contribution in [2.75, 3.05) is 7.11 Å². The van der Waals surface area contributed by atoms with Crippen LogP contribution in [0.3, 0.4) is 0 Å². The van der Waals surface area contributed by atoms with Crippen LogP contribution in [0.15, 0.2) is 36.4 Å². The third-order valence-electron chi connectivity index (χ3n) is 3.41. The number of amides is 1. The first-order valence-corrected chi connectivity index (χ1v) is 7.03. The van der Waals surface area contributed by atoms with E-state index in [0.29, 0.717) is 11.3 Å². The van der Waals surface area contributed by atoms with Crippen molar-refractivity contribution >= 4 is 16.7 Å². The van der Waals surface area contributed by atoms with Crippen LogP contribution >= 0.6 is 0 Å². The lowest BCUT2D eigenvalue weighted by atomic mass is 10.0. The van der Waals surface area contributed by atoms with Crippen molar-refractivity contribution in [2.45, 2.75) is 32.7 Å². The average Bonchev–Trinajstić information content (AvgIpc) is 2.45. The van der Waals surface area contributed by atoms with Gasteiger partial charge in [0.05, 0.1) is 12.7 Å². The fourth-order valence-corrected chi connectivity index (χ4v) is 2.37. The van der Waals surface area contributed by atoms with Gasteiger partial charge in [0.25, 0.3) is 5.91 Å². The molecule has 2 aromatic carbocycles. The van der Waals surface area contributed by atoms with Gasteiger partial charge in [-0.3, -0.25) is 4.79 Å². The molecule has 0 heterocycles. The number of fused-ring (bicyclic) bond motifs is 1. The van der Waals surface area contributed by atoms with E-state index >= 15 is 0 Å². The van der Waals surface area contributed by atoms with Gasteiger partial charge in [-0.25, -0.2) is 0 Å². The monoisotopic (exact) mass is 271 g/mol. The maximum atomic E-state index is 12.4. The number of ether oxygens (including phenoxy) is 1. The molecular weight excluding hydrogens is 250 g/mol. The van der Waals surface area contributed by atoms with E-state index in [2.05, 4.69) is 12.2 Å². The molecule has 0 fully saturated rings. The number of rotatable bonds is 5. The molecule has 0 saturated carbocycles. The van der Waals surface area contributed by atoms with Crippen LogP contribution in [0, 0.1) is 0 Å². The number of nitrogens with one attached hydrogen (secondary N) is 1. The van der Waals surface area contributed by atoms with E-state index in [1.807, 2.05) is 43.3 Å². The number of hydrogen-bond acceptors (Lipinski definition) is 2. The maximum absolute atomic E-state index is 12.4. The second kappa shape index (κ2) is 6.42. The molecule has 0 aromatic heterocycles. The molecule has 106 valence electrons. The van der Waals surface area contributed by atoms with Crippen LogP contribution in [0.4, 0.5) is 0 Å². The summed E-state index contributed by atoms with van der Waals surface area (Å²) < 4.78 is 5.36. The SMILES string of the molecule is CCC[C@@H](C)NC(=O)c1cc2ccccc2cc1OC. The number of methoxy groups -OCH3 is 1. The Hall–Kier alpha value is -2.03. The molecule has 0 aliphatic rings. The fourth-order valence-electron chi connectivity index (χ4n) is 2.37. The molecule has 0 spiro atoms. The zero-order valence-corrected chi connectivity index (χ0v) is 12.3. The smallest absolute Gasteiger partial charge is 0.255 e. The van der Waals surface area contributed by atoms with Crippen molar-refractivity contribution in [1.29, 1.82) is 0 Å². The maximum Gasteiger partial charge on any atom is 0.255 e. The second-order valence-corrected chi connectivity index (χ2v) is 5.06. The van der Waals surface area contributed by atoms with Crippen LogP contribution in [0.25, 0.3) is 10.8 Å². The summed E-state index contributed by atoms with van der Waals surface area (Å²) >= 11 is 0. The number of hydrogen-bond donors (Lipinski definition) is 1. The summed E-state index contributed by atoms with van der Waals surface area (Å²) in [6.45, 7) is 4.13. The van der Waals surface area contributed by atoms with Crippen molar-refractivity contribution in [2.24, 2.45) is 0 Å². The Labute approximate surface area is 119 Å². The van der Waals surface area contributed by atoms with Crippen molar-refractivity contribution in [3.63, 3.8) is 0 Å². The summed E-state index contributed by atoms with van der Waals surface area (Å²) in [5.74, 6) is 0.540. The summed E-state index contributed by atoms with van der Waals surface area (Å²) in [4.78, 5) is 12.4. The number of carbonyl (C=O) groups is 1. The van der Waals surface area contributed by atoms with Crippen LogP contribution in [-0.2, 0) is 0 Å². The Morgan fingerprint density at radius 3 is 2.50 bits per heavy atom. The molecule has 0 saturated heterocycles. The summed E-state index contributed by atoms with van der Waals surface area (Å²) in [6.07, 6.45) is 2.03.